The Bertz CT molecular complexity index is 834. The summed E-state index contributed by atoms with van der Waals surface area (Å²) in [6.45, 7) is 10.0. The van der Waals surface area contributed by atoms with Crippen molar-refractivity contribution >= 4 is 11.9 Å². The van der Waals surface area contributed by atoms with Gasteiger partial charge in [-0.3, -0.25) is 9.59 Å². The van der Waals surface area contributed by atoms with Gasteiger partial charge in [-0.2, -0.15) is 0 Å². The van der Waals surface area contributed by atoms with Gasteiger partial charge in [-0.15, -0.1) is 0 Å². The van der Waals surface area contributed by atoms with Crippen LogP contribution in [0.3, 0.4) is 0 Å². The summed E-state index contributed by atoms with van der Waals surface area (Å²) in [5.41, 5.74) is 3.08. The van der Waals surface area contributed by atoms with E-state index in [1.54, 1.807) is 6.26 Å². The Morgan fingerprint density at radius 2 is 1.80 bits per heavy atom. The van der Waals surface area contributed by atoms with Gasteiger partial charge in [-0.25, -0.2) is 0 Å². The van der Waals surface area contributed by atoms with E-state index in [0.29, 0.717) is 17.8 Å². The van der Waals surface area contributed by atoms with Gasteiger partial charge in [-0.1, -0.05) is 19.9 Å². The van der Waals surface area contributed by atoms with Crippen molar-refractivity contribution in [2.24, 2.45) is 34.5 Å². The lowest BCUT2D eigenvalue weighted by Crippen LogP contribution is -2.49. The van der Waals surface area contributed by atoms with Gasteiger partial charge in [0.2, 0.25) is 0 Å². The zero-order valence-corrected chi connectivity index (χ0v) is 19.1. The fraction of sp³-hybridized carbons (Fsp3) is 0.692. The van der Waals surface area contributed by atoms with Crippen molar-refractivity contribution in [2.45, 2.75) is 79.6 Å². The van der Waals surface area contributed by atoms with Gasteiger partial charge in [0.1, 0.15) is 5.76 Å². The molecule has 0 heterocycles. The molecular formula is C26H36O4. The SMILES string of the molecule is CC(=O)OC=C(C)[C@H]1CC[C@H]2[C@@H]3CC=C4C=C(OC(C)=O)CC[C@]4(C)[C@H]3CC[C@]12C. The zero-order valence-electron chi connectivity index (χ0n) is 19.1. The monoisotopic (exact) mass is 412 g/mol. The maximum atomic E-state index is 11.4. The van der Waals surface area contributed by atoms with Crippen molar-refractivity contribution in [3.05, 3.63) is 35.3 Å². The van der Waals surface area contributed by atoms with Crippen LogP contribution in [0.15, 0.2) is 35.3 Å². The summed E-state index contributed by atoms with van der Waals surface area (Å²) in [4.78, 5) is 22.7. The molecule has 4 aliphatic rings. The summed E-state index contributed by atoms with van der Waals surface area (Å²) in [6, 6.07) is 0. The van der Waals surface area contributed by atoms with Crippen LogP contribution in [0.25, 0.3) is 0 Å². The molecule has 0 bridgehead atoms. The first-order chi connectivity index (χ1) is 14.1. The third-order valence-corrected chi connectivity index (χ3v) is 8.97. The normalized spacial score (nSPS) is 40.4. The number of hydrogen-bond acceptors (Lipinski definition) is 4. The van der Waals surface area contributed by atoms with E-state index in [1.165, 1.54) is 50.7 Å². The largest absolute Gasteiger partial charge is 0.435 e. The topological polar surface area (TPSA) is 52.6 Å². The summed E-state index contributed by atoms with van der Waals surface area (Å²) in [6.07, 6.45) is 14.3. The quantitative estimate of drug-likeness (QED) is 0.416. The molecule has 0 unspecified atom stereocenters. The average molecular weight is 413 g/mol. The highest BCUT2D eigenvalue weighted by atomic mass is 16.5. The second-order valence-corrected chi connectivity index (χ2v) is 10.5. The first-order valence-corrected chi connectivity index (χ1v) is 11.6. The minimum absolute atomic E-state index is 0.189. The molecule has 0 aromatic carbocycles. The highest BCUT2D eigenvalue weighted by Gasteiger charge is 2.58. The molecule has 0 N–H and O–H groups in total. The highest BCUT2D eigenvalue weighted by Crippen LogP contribution is 2.66. The van der Waals surface area contributed by atoms with Gasteiger partial charge in [0.25, 0.3) is 0 Å². The zero-order chi connectivity index (χ0) is 21.7. The molecule has 0 amide bonds. The summed E-state index contributed by atoms with van der Waals surface area (Å²) in [5.74, 6) is 3.00. The fourth-order valence-electron chi connectivity index (χ4n) is 7.57. The molecule has 6 atom stereocenters. The molecule has 164 valence electrons. The Balaban J connectivity index is 1.58. The molecule has 2 saturated carbocycles. The molecule has 4 aliphatic carbocycles. The molecule has 4 nitrogen and oxygen atoms in total. The van der Waals surface area contributed by atoms with E-state index in [-0.39, 0.29) is 22.8 Å². The van der Waals surface area contributed by atoms with Gasteiger partial charge in [0, 0.05) is 20.3 Å². The molecule has 30 heavy (non-hydrogen) atoms. The minimum atomic E-state index is -0.242. The Morgan fingerprint density at radius 1 is 1.03 bits per heavy atom. The van der Waals surface area contributed by atoms with Gasteiger partial charge in [0.15, 0.2) is 0 Å². The van der Waals surface area contributed by atoms with Crippen molar-refractivity contribution in [1.82, 2.24) is 0 Å². The van der Waals surface area contributed by atoms with E-state index in [1.807, 2.05) is 0 Å². The number of fused-ring (bicyclic) bond motifs is 5. The number of carbonyl (C=O) groups excluding carboxylic acids is 2. The molecule has 0 saturated heterocycles. The number of rotatable bonds is 3. The predicted molar refractivity (Wildman–Crippen MR) is 116 cm³/mol. The van der Waals surface area contributed by atoms with Gasteiger partial charge >= 0.3 is 11.9 Å². The van der Waals surface area contributed by atoms with E-state index in [0.717, 1.165) is 30.9 Å². The number of allylic oxidation sites excluding steroid dienone is 5. The van der Waals surface area contributed by atoms with Crippen LogP contribution in [0, 0.1) is 34.5 Å². The smallest absolute Gasteiger partial charge is 0.307 e. The Kier molecular flexibility index (Phi) is 5.48. The third-order valence-electron chi connectivity index (χ3n) is 8.97. The van der Waals surface area contributed by atoms with Crippen molar-refractivity contribution < 1.29 is 19.1 Å². The van der Waals surface area contributed by atoms with Gasteiger partial charge in [0.05, 0.1) is 6.26 Å². The first-order valence-electron chi connectivity index (χ1n) is 11.6. The molecule has 0 aliphatic heterocycles. The lowest BCUT2D eigenvalue weighted by Gasteiger charge is -2.57. The Labute approximate surface area is 180 Å². The van der Waals surface area contributed by atoms with Crippen LogP contribution in [-0.4, -0.2) is 11.9 Å². The van der Waals surface area contributed by atoms with Gasteiger partial charge < -0.3 is 9.47 Å². The Morgan fingerprint density at radius 3 is 2.50 bits per heavy atom. The molecule has 0 spiro atoms. The average Bonchev–Trinajstić information content (AvgIpc) is 3.03. The minimum Gasteiger partial charge on any atom is -0.435 e. The lowest BCUT2D eigenvalue weighted by molar-refractivity contribution is -0.137. The number of ether oxygens (including phenoxy) is 2. The maximum Gasteiger partial charge on any atom is 0.307 e. The molecule has 0 aromatic rings. The first kappa shape index (κ1) is 21.4. The van der Waals surface area contributed by atoms with Crippen molar-refractivity contribution in [2.75, 3.05) is 0 Å². The third kappa shape index (κ3) is 3.46. The van der Waals surface area contributed by atoms with Crippen LogP contribution in [0.2, 0.25) is 0 Å². The van der Waals surface area contributed by atoms with Gasteiger partial charge in [-0.05, 0) is 97.2 Å². The lowest BCUT2D eigenvalue weighted by atomic mass is 9.48. The molecule has 4 rings (SSSR count). The van der Waals surface area contributed by atoms with E-state index in [9.17, 15) is 9.59 Å². The van der Waals surface area contributed by atoms with E-state index >= 15 is 0 Å². The van der Waals surface area contributed by atoms with E-state index < -0.39 is 0 Å². The molecule has 2 fully saturated rings. The van der Waals surface area contributed by atoms with Crippen LogP contribution in [0.5, 0.6) is 0 Å². The Hall–Kier alpha value is -1.84. The van der Waals surface area contributed by atoms with Crippen LogP contribution in [0.4, 0.5) is 0 Å². The van der Waals surface area contributed by atoms with Crippen LogP contribution in [-0.2, 0) is 19.1 Å². The maximum absolute atomic E-state index is 11.4. The second kappa shape index (κ2) is 7.69. The van der Waals surface area contributed by atoms with E-state index in [4.69, 9.17) is 9.47 Å². The van der Waals surface area contributed by atoms with Crippen LogP contribution >= 0.6 is 0 Å². The predicted octanol–water partition coefficient (Wildman–Crippen LogP) is 6.09. The second-order valence-electron chi connectivity index (χ2n) is 10.5. The molecule has 0 radical (unpaired) electrons. The van der Waals surface area contributed by atoms with Crippen LogP contribution in [0.1, 0.15) is 79.6 Å². The summed E-state index contributed by atoms with van der Waals surface area (Å²) in [7, 11) is 0. The number of hydrogen-bond donors (Lipinski definition) is 0. The van der Waals surface area contributed by atoms with Crippen molar-refractivity contribution in [3.63, 3.8) is 0 Å². The summed E-state index contributed by atoms with van der Waals surface area (Å²) >= 11 is 0. The molecule has 0 aromatic heterocycles. The van der Waals surface area contributed by atoms with Crippen LogP contribution < -0.4 is 0 Å². The standard InChI is InChI=1S/C26H36O4/c1-16(15-29-17(2)27)22-8-9-23-21-7-6-19-14-20(30-18(3)28)10-12-25(19,4)24(21)11-13-26(22,23)5/h6,14-15,21-24H,7-13H2,1-5H3/t21-,22+,23-,24-,25-,26+/m0/s1. The molecular weight excluding hydrogens is 376 g/mol. The fourth-order valence-corrected chi connectivity index (χ4v) is 7.57. The molecule has 4 heteroatoms. The number of esters is 2. The number of carbonyl (C=O) groups is 2. The van der Waals surface area contributed by atoms with Crippen molar-refractivity contribution in [1.29, 1.82) is 0 Å². The van der Waals surface area contributed by atoms with E-state index in [2.05, 4.69) is 32.9 Å². The highest BCUT2D eigenvalue weighted by molar-refractivity contribution is 5.67. The summed E-state index contributed by atoms with van der Waals surface area (Å²) < 4.78 is 10.6. The summed E-state index contributed by atoms with van der Waals surface area (Å²) in [5, 5.41) is 0. The van der Waals surface area contributed by atoms with Crippen molar-refractivity contribution in [3.8, 4) is 0 Å².